The summed E-state index contributed by atoms with van der Waals surface area (Å²) in [5, 5.41) is 16.8. The maximum atomic E-state index is 13.6. The number of nitrogens with one attached hydrogen (secondary N) is 2. The van der Waals surface area contributed by atoms with Crippen molar-refractivity contribution >= 4 is 29.2 Å². The highest BCUT2D eigenvalue weighted by Crippen LogP contribution is 2.56. The van der Waals surface area contributed by atoms with Gasteiger partial charge < -0.3 is 10.4 Å². The Morgan fingerprint density at radius 1 is 1.31 bits per heavy atom. The number of amides is 1. The molecule has 0 aliphatic carbocycles. The van der Waals surface area contributed by atoms with Crippen molar-refractivity contribution in [1.82, 2.24) is 10.3 Å². The van der Waals surface area contributed by atoms with Crippen LogP contribution in [0.15, 0.2) is 42.7 Å². The molecule has 2 aromatic rings. The second-order valence-corrected chi connectivity index (χ2v) is 9.51. The van der Waals surface area contributed by atoms with Crippen LogP contribution in [0.5, 0.6) is 0 Å². The Balaban J connectivity index is 1.99. The topological polar surface area (TPSA) is 91.3 Å². The van der Waals surface area contributed by atoms with Gasteiger partial charge in [0.1, 0.15) is 11.5 Å². The van der Waals surface area contributed by atoms with E-state index < -0.39 is 23.3 Å². The molecule has 0 unspecified atom stereocenters. The molecule has 0 saturated carbocycles. The molecule has 4 atom stereocenters. The third-order valence-electron chi connectivity index (χ3n) is 5.93. The fraction of sp³-hybridized carbons (Fsp3) is 0.409. The number of carbonyl (C=O) groups excluding carboxylic acids is 1. The standard InChI is InChI=1S/C22H24ClN3O3/c1-21(2,3)10-16-22(14-7-6-13(23)9-15(14)25-20(22)29)17(18(26-16)19(27)28)12-5-4-8-24-11-12/h4-9,11,16-18,26H,10H2,1-3H3,(H,25,29)(H,27,28)/t16-,17+,18-,22+/m1/s1. The van der Waals surface area contributed by atoms with Crippen LogP contribution in [-0.4, -0.2) is 34.1 Å². The van der Waals surface area contributed by atoms with E-state index >= 15 is 0 Å². The predicted molar refractivity (Wildman–Crippen MR) is 111 cm³/mol. The number of aliphatic carboxylic acids is 1. The van der Waals surface area contributed by atoms with E-state index in [4.69, 9.17) is 11.6 Å². The lowest BCUT2D eigenvalue weighted by molar-refractivity contribution is -0.139. The second-order valence-electron chi connectivity index (χ2n) is 9.08. The van der Waals surface area contributed by atoms with Crippen molar-refractivity contribution in [3.8, 4) is 0 Å². The Morgan fingerprint density at radius 3 is 2.69 bits per heavy atom. The summed E-state index contributed by atoms with van der Waals surface area (Å²) in [6, 6.07) is 7.67. The van der Waals surface area contributed by atoms with Gasteiger partial charge in [0.25, 0.3) is 0 Å². The third-order valence-corrected chi connectivity index (χ3v) is 6.17. The van der Waals surface area contributed by atoms with Crippen LogP contribution in [0.1, 0.15) is 44.2 Å². The van der Waals surface area contributed by atoms with Gasteiger partial charge in [-0.15, -0.1) is 0 Å². The van der Waals surface area contributed by atoms with E-state index in [9.17, 15) is 14.7 Å². The van der Waals surface area contributed by atoms with Gasteiger partial charge in [0.05, 0.1) is 0 Å². The Hall–Kier alpha value is -2.44. The number of halogens is 1. The van der Waals surface area contributed by atoms with Gasteiger partial charge in [0.15, 0.2) is 0 Å². The summed E-state index contributed by atoms with van der Waals surface area (Å²) in [5.41, 5.74) is 0.961. The third kappa shape index (κ3) is 3.11. The molecule has 2 aliphatic rings. The molecule has 4 rings (SSSR count). The zero-order valence-electron chi connectivity index (χ0n) is 16.6. The Kier molecular flexibility index (Phi) is 4.67. The predicted octanol–water partition coefficient (Wildman–Crippen LogP) is 3.57. The number of aromatic nitrogens is 1. The molecule has 1 aromatic heterocycles. The number of nitrogens with zero attached hydrogens (tertiary/aromatic N) is 1. The molecule has 1 saturated heterocycles. The minimum absolute atomic E-state index is 0.118. The first-order valence-electron chi connectivity index (χ1n) is 9.65. The number of fused-ring (bicyclic) bond motifs is 2. The summed E-state index contributed by atoms with van der Waals surface area (Å²) in [5.74, 6) is -1.79. The molecule has 1 aromatic carbocycles. The molecule has 0 bridgehead atoms. The van der Waals surface area contributed by atoms with E-state index in [2.05, 4.69) is 36.4 Å². The second kappa shape index (κ2) is 6.82. The molecule has 1 amide bonds. The minimum atomic E-state index is -1.07. The van der Waals surface area contributed by atoms with Gasteiger partial charge in [0, 0.05) is 35.1 Å². The van der Waals surface area contributed by atoms with Crippen LogP contribution >= 0.6 is 11.6 Å². The van der Waals surface area contributed by atoms with Gasteiger partial charge in [-0.1, -0.05) is 44.5 Å². The summed E-state index contributed by atoms with van der Waals surface area (Å²) in [7, 11) is 0. The minimum Gasteiger partial charge on any atom is -0.480 e. The van der Waals surface area contributed by atoms with Crippen LogP contribution < -0.4 is 10.6 Å². The number of benzene rings is 1. The van der Waals surface area contributed by atoms with Gasteiger partial charge in [0.2, 0.25) is 5.91 Å². The van der Waals surface area contributed by atoms with Crippen molar-refractivity contribution < 1.29 is 14.7 Å². The van der Waals surface area contributed by atoms with Crippen molar-refractivity contribution in [3.05, 3.63) is 58.9 Å². The number of hydrogen-bond donors (Lipinski definition) is 3. The van der Waals surface area contributed by atoms with Crippen molar-refractivity contribution in [2.75, 3.05) is 5.32 Å². The summed E-state index contributed by atoms with van der Waals surface area (Å²) in [4.78, 5) is 30.1. The van der Waals surface area contributed by atoms with Crippen LogP contribution in [0, 0.1) is 5.41 Å². The maximum Gasteiger partial charge on any atom is 0.321 e. The van der Waals surface area contributed by atoms with Crippen molar-refractivity contribution in [2.45, 2.75) is 50.6 Å². The lowest BCUT2D eigenvalue weighted by atomic mass is 9.63. The molecule has 1 spiro atoms. The van der Waals surface area contributed by atoms with Gasteiger partial charge in [-0.05, 0) is 41.2 Å². The highest BCUT2D eigenvalue weighted by Gasteiger charge is 2.65. The van der Waals surface area contributed by atoms with Crippen LogP contribution in [0.3, 0.4) is 0 Å². The maximum absolute atomic E-state index is 13.6. The fourth-order valence-corrected chi connectivity index (χ4v) is 5.14. The first kappa shape index (κ1) is 19.9. The number of pyridine rings is 1. The Bertz CT molecular complexity index is 973. The molecule has 0 radical (unpaired) electrons. The van der Waals surface area contributed by atoms with Crippen LogP contribution in [0.4, 0.5) is 5.69 Å². The molecule has 6 nitrogen and oxygen atoms in total. The molecule has 152 valence electrons. The van der Waals surface area contributed by atoms with Crippen LogP contribution in [0.25, 0.3) is 0 Å². The highest BCUT2D eigenvalue weighted by atomic mass is 35.5. The molecule has 1 fully saturated rings. The molecule has 2 aliphatic heterocycles. The average Bonchev–Trinajstić information content (AvgIpc) is 3.11. The molecular formula is C22H24ClN3O3. The first-order chi connectivity index (χ1) is 13.6. The van der Waals surface area contributed by atoms with E-state index in [-0.39, 0.29) is 17.4 Å². The van der Waals surface area contributed by atoms with E-state index in [0.717, 1.165) is 11.1 Å². The van der Waals surface area contributed by atoms with E-state index in [0.29, 0.717) is 17.1 Å². The lowest BCUT2D eigenvalue weighted by Crippen LogP contribution is -2.49. The van der Waals surface area contributed by atoms with E-state index in [1.54, 1.807) is 30.6 Å². The number of rotatable bonds is 3. The number of carboxylic acids is 1. The monoisotopic (exact) mass is 413 g/mol. The molecule has 7 heteroatoms. The number of carboxylic acid groups (broad SMARTS) is 1. The number of hydrogen-bond acceptors (Lipinski definition) is 4. The normalized spacial score (nSPS) is 28.4. The number of carbonyl (C=O) groups is 2. The first-order valence-corrected chi connectivity index (χ1v) is 10.0. The summed E-state index contributed by atoms with van der Waals surface area (Å²) >= 11 is 6.17. The van der Waals surface area contributed by atoms with Crippen molar-refractivity contribution in [3.63, 3.8) is 0 Å². The van der Waals surface area contributed by atoms with Gasteiger partial charge >= 0.3 is 5.97 Å². The van der Waals surface area contributed by atoms with Gasteiger partial charge in [-0.3, -0.25) is 19.9 Å². The Morgan fingerprint density at radius 2 is 2.07 bits per heavy atom. The van der Waals surface area contributed by atoms with E-state index in [1.165, 1.54) is 0 Å². The summed E-state index contributed by atoms with van der Waals surface area (Å²) < 4.78 is 0. The van der Waals surface area contributed by atoms with E-state index in [1.807, 2.05) is 12.1 Å². The fourth-order valence-electron chi connectivity index (χ4n) is 4.97. The van der Waals surface area contributed by atoms with Crippen molar-refractivity contribution in [2.24, 2.45) is 5.41 Å². The highest BCUT2D eigenvalue weighted by molar-refractivity contribution is 6.31. The van der Waals surface area contributed by atoms with Gasteiger partial charge in [-0.2, -0.15) is 0 Å². The quantitative estimate of drug-likeness (QED) is 0.715. The molecule has 3 N–H and O–H groups in total. The molecular weight excluding hydrogens is 390 g/mol. The molecule has 29 heavy (non-hydrogen) atoms. The zero-order chi connectivity index (χ0) is 21.0. The smallest absolute Gasteiger partial charge is 0.321 e. The van der Waals surface area contributed by atoms with Crippen LogP contribution in [-0.2, 0) is 15.0 Å². The average molecular weight is 414 g/mol. The summed E-state index contributed by atoms with van der Waals surface area (Å²) in [6.45, 7) is 6.27. The SMILES string of the molecule is CC(C)(C)C[C@H]1N[C@@H](C(=O)O)[C@H](c2cccnc2)[C@@]12C(=O)Nc1cc(Cl)ccc12. The molecule has 3 heterocycles. The Labute approximate surface area is 174 Å². The van der Waals surface area contributed by atoms with Crippen molar-refractivity contribution in [1.29, 1.82) is 0 Å². The summed E-state index contributed by atoms with van der Waals surface area (Å²) in [6.07, 6.45) is 3.93. The lowest BCUT2D eigenvalue weighted by Gasteiger charge is -2.37. The zero-order valence-corrected chi connectivity index (χ0v) is 17.3. The number of anilines is 1. The largest absolute Gasteiger partial charge is 0.480 e. The van der Waals surface area contributed by atoms with Crippen LogP contribution in [0.2, 0.25) is 5.02 Å². The van der Waals surface area contributed by atoms with Gasteiger partial charge in [-0.25, -0.2) is 0 Å².